The lowest BCUT2D eigenvalue weighted by Crippen LogP contribution is -2.21. The smallest absolute Gasteiger partial charge is 0.243 e. The summed E-state index contributed by atoms with van der Waals surface area (Å²) in [6, 6.07) is 15.1. The molecule has 0 aliphatic heterocycles. The fourth-order valence-electron chi connectivity index (χ4n) is 1.85. The Hall–Kier alpha value is -2.75. The van der Waals surface area contributed by atoms with E-state index in [4.69, 9.17) is 4.74 Å². The summed E-state index contributed by atoms with van der Waals surface area (Å²) in [5.74, 6) is 0.686. The molecule has 0 heterocycles. The molecule has 0 saturated carbocycles. The second-order valence-electron chi connectivity index (χ2n) is 4.89. The van der Waals surface area contributed by atoms with E-state index in [1.54, 1.807) is 6.08 Å². The molecule has 0 atom stereocenters. The second kappa shape index (κ2) is 7.88. The second-order valence-corrected chi connectivity index (χ2v) is 4.89. The highest BCUT2D eigenvalue weighted by molar-refractivity contribution is 5.93. The SMILES string of the molecule is C=CCOc1ccc(NCC(=O)Nc2ccc(C)cc2)cc1. The topological polar surface area (TPSA) is 50.4 Å². The molecule has 4 heteroatoms. The lowest BCUT2D eigenvalue weighted by atomic mass is 10.2. The number of carbonyl (C=O) groups is 1. The van der Waals surface area contributed by atoms with E-state index in [1.807, 2.05) is 55.5 Å². The van der Waals surface area contributed by atoms with Crippen LogP contribution in [0.3, 0.4) is 0 Å². The molecule has 0 aliphatic rings. The van der Waals surface area contributed by atoms with Crippen molar-refractivity contribution in [2.45, 2.75) is 6.92 Å². The predicted octanol–water partition coefficient (Wildman–Crippen LogP) is 3.61. The van der Waals surface area contributed by atoms with E-state index in [9.17, 15) is 4.79 Å². The monoisotopic (exact) mass is 296 g/mol. The van der Waals surface area contributed by atoms with E-state index in [2.05, 4.69) is 17.2 Å². The van der Waals surface area contributed by atoms with Crippen molar-refractivity contribution >= 4 is 17.3 Å². The van der Waals surface area contributed by atoms with Crippen LogP contribution in [0.1, 0.15) is 5.56 Å². The molecule has 2 N–H and O–H groups in total. The van der Waals surface area contributed by atoms with Gasteiger partial charge in [-0.3, -0.25) is 4.79 Å². The van der Waals surface area contributed by atoms with Crippen molar-refractivity contribution < 1.29 is 9.53 Å². The normalized spacial score (nSPS) is 9.86. The maximum absolute atomic E-state index is 11.9. The maximum atomic E-state index is 11.9. The maximum Gasteiger partial charge on any atom is 0.243 e. The molecule has 0 bridgehead atoms. The average molecular weight is 296 g/mol. The predicted molar refractivity (Wildman–Crippen MR) is 90.4 cm³/mol. The Morgan fingerprint density at radius 2 is 1.73 bits per heavy atom. The van der Waals surface area contributed by atoms with Crippen molar-refractivity contribution in [3.05, 3.63) is 66.7 Å². The Bertz CT molecular complexity index is 619. The minimum atomic E-state index is -0.0872. The van der Waals surface area contributed by atoms with Gasteiger partial charge in [-0.15, -0.1) is 0 Å². The van der Waals surface area contributed by atoms with Crippen LogP contribution in [0.2, 0.25) is 0 Å². The molecule has 1 amide bonds. The van der Waals surface area contributed by atoms with Crippen LogP contribution in [-0.4, -0.2) is 19.1 Å². The van der Waals surface area contributed by atoms with E-state index >= 15 is 0 Å². The molecule has 0 saturated heterocycles. The van der Waals surface area contributed by atoms with Crippen LogP contribution in [0.15, 0.2) is 61.2 Å². The molecule has 4 nitrogen and oxygen atoms in total. The summed E-state index contributed by atoms with van der Waals surface area (Å²) in [4.78, 5) is 11.9. The fraction of sp³-hybridized carbons (Fsp3) is 0.167. The summed E-state index contributed by atoms with van der Waals surface area (Å²) in [7, 11) is 0. The fourth-order valence-corrected chi connectivity index (χ4v) is 1.85. The van der Waals surface area contributed by atoms with Gasteiger partial charge in [0.15, 0.2) is 0 Å². The lowest BCUT2D eigenvalue weighted by molar-refractivity contribution is -0.114. The van der Waals surface area contributed by atoms with Crippen molar-refractivity contribution in [1.82, 2.24) is 0 Å². The molecule has 0 aliphatic carbocycles. The van der Waals surface area contributed by atoms with Crippen molar-refractivity contribution in [3.8, 4) is 5.75 Å². The van der Waals surface area contributed by atoms with Gasteiger partial charge in [0.1, 0.15) is 12.4 Å². The van der Waals surface area contributed by atoms with Crippen LogP contribution in [-0.2, 0) is 4.79 Å². The first kappa shape index (κ1) is 15.6. The van der Waals surface area contributed by atoms with Gasteiger partial charge in [-0.05, 0) is 43.3 Å². The third-order valence-corrected chi connectivity index (χ3v) is 3.01. The van der Waals surface area contributed by atoms with Crippen molar-refractivity contribution in [2.24, 2.45) is 0 Å². The standard InChI is InChI=1S/C18H20N2O2/c1-3-12-22-17-10-8-15(9-11-17)19-13-18(21)20-16-6-4-14(2)5-7-16/h3-11,19H,1,12-13H2,2H3,(H,20,21). The summed E-state index contributed by atoms with van der Waals surface area (Å²) in [6.07, 6.45) is 1.70. The van der Waals surface area contributed by atoms with Crippen molar-refractivity contribution in [2.75, 3.05) is 23.8 Å². The van der Waals surface area contributed by atoms with Crippen molar-refractivity contribution in [3.63, 3.8) is 0 Å². The van der Waals surface area contributed by atoms with Gasteiger partial charge in [0, 0.05) is 11.4 Å². The van der Waals surface area contributed by atoms with Gasteiger partial charge in [-0.2, -0.15) is 0 Å². The highest BCUT2D eigenvalue weighted by atomic mass is 16.5. The number of hydrogen-bond donors (Lipinski definition) is 2. The Morgan fingerprint density at radius 1 is 1.09 bits per heavy atom. The van der Waals surface area contributed by atoms with E-state index in [-0.39, 0.29) is 12.5 Å². The van der Waals surface area contributed by atoms with Crippen LogP contribution in [0.25, 0.3) is 0 Å². The summed E-state index contributed by atoms with van der Waals surface area (Å²) in [5, 5.41) is 5.91. The summed E-state index contributed by atoms with van der Waals surface area (Å²) in [5.41, 5.74) is 2.82. The number of anilines is 2. The molecule has 2 rings (SSSR count). The van der Waals surface area contributed by atoms with Crippen LogP contribution in [0, 0.1) is 6.92 Å². The number of nitrogens with one attached hydrogen (secondary N) is 2. The molecule has 2 aromatic rings. The number of ether oxygens (including phenoxy) is 1. The summed E-state index contributed by atoms with van der Waals surface area (Å²) in [6.45, 7) is 6.30. The van der Waals surface area contributed by atoms with Crippen LogP contribution < -0.4 is 15.4 Å². The molecule has 22 heavy (non-hydrogen) atoms. The number of amides is 1. The zero-order valence-electron chi connectivity index (χ0n) is 12.6. The number of aryl methyl sites for hydroxylation is 1. The van der Waals surface area contributed by atoms with Gasteiger partial charge < -0.3 is 15.4 Å². The Morgan fingerprint density at radius 3 is 2.36 bits per heavy atom. The highest BCUT2D eigenvalue weighted by Gasteiger charge is 2.02. The number of benzene rings is 2. The van der Waals surface area contributed by atoms with Gasteiger partial charge in [-0.25, -0.2) is 0 Å². The Balaban J connectivity index is 1.80. The number of hydrogen-bond acceptors (Lipinski definition) is 3. The first-order valence-electron chi connectivity index (χ1n) is 7.11. The van der Waals surface area contributed by atoms with Gasteiger partial charge in [-0.1, -0.05) is 30.4 Å². The molecule has 0 fully saturated rings. The molecule has 0 spiro atoms. The van der Waals surface area contributed by atoms with E-state index in [1.165, 1.54) is 0 Å². The first-order chi connectivity index (χ1) is 10.7. The molecule has 2 aromatic carbocycles. The van der Waals surface area contributed by atoms with Crippen LogP contribution in [0.4, 0.5) is 11.4 Å². The highest BCUT2D eigenvalue weighted by Crippen LogP contribution is 2.15. The third kappa shape index (κ3) is 4.98. The van der Waals surface area contributed by atoms with Gasteiger partial charge in [0.25, 0.3) is 0 Å². The Kier molecular flexibility index (Phi) is 5.60. The van der Waals surface area contributed by atoms with E-state index in [0.29, 0.717) is 6.61 Å². The molecule has 0 aromatic heterocycles. The molecule has 0 unspecified atom stereocenters. The van der Waals surface area contributed by atoms with Crippen LogP contribution in [0.5, 0.6) is 5.75 Å². The minimum absolute atomic E-state index is 0.0872. The van der Waals surface area contributed by atoms with E-state index in [0.717, 1.165) is 22.7 Å². The van der Waals surface area contributed by atoms with Crippen molar-refractivity contribution in [1.29, 1.82) is 0 Å². The molecule has 114 valence electrons. The minimum Gasteiger partial charge on any atom is -0.490 e. The number of rotatable bonds is 7. The van der Waals surface area contributed by atoms with E-state index < -0.39 is 0 Å². The third-order valence-electron chi connectivity index (χ3n) is 3.01. The van der Waals surface area contributed by atoms with Gasteiger partial charge >= 0.3 is 0 Å². The zero-order chi connectivity index (χ0) is 15.8. The number of carbonyl (C=O) groups excluding carboxylic acids is 1. The summed E-state index contributed by atoms with van der Waals surface area (Å²) < 4.78 is 5.40. The average Bonchev–Trinajstić information content (AvgIpc) is 2.54. The first-order valence-corrected chi connectivity index (χ1v) is 7.11. The molecule has 0 radical (unpaired) electrons. The largest absolute Gasteiger partial charge is 0.490 e. The lowest BCUT2D eigenvalue weighted by Gasteiger charge is -2.09. The van der Waals surface area contributed by atoms with Crippen LogP contribution >= 0.6 is 0 Å². The quantitative estimate of drug-likeness (QED) is 0.767. The van der Waals surface area contributed by atoms with Gasteiger partial charge in [0.05, 0.1) is 6.54 Å². The van der Waals surface area contributed by atoms with Gasteiger partial charge in [0.2, 0.25) is 5.91 Å². The Labute approximate surface area is 130 Å². The summed E-state index contributed by atoms with van der Waals surface area (Å²) >= 11 is 0. The zero-order valence-corrected chi connectivity index (χ0v) is 12.6. The molecular formula is C18H20N2O2. The molecular weight excluding hydrogens is 276 g/mol.